The van der Waals surface area contributed by atoms with E-state index in [0.29, 0.717) is 16.0 Å². The van der Waals surface area contributed by atoms with Crippen molar-refractivity contribution in [3.63, 3.8) is 0 Å². The molecule has 23 heavy (non-hydrogen) atoms. The summed E-state index contributed by atoms with van der Waals surface area (Å²) >= 11 is 6.00. The summed E-state index contributed by atoms with van der Waals surface area (Å²) in [6, 6.07) is 5.79. The lowest BCUT2D eigenvalue weighted by Gasteiger charge is -2.42. The maximum absolute atomic E-state index is 6.39. The summed E-state index contributed by atoms with van der Waals surface area (Å²) < 4.78 is 6.39. The molecule has 1 saturated heterocycles. The van der Waals surface area contributed by atoms with Gasteiger partial charge in [0.05, 0.1) is 17.0 Å². The van der Waals surface area contributed by atoms with E-state index in [9.17, 15) is 0 Å². The Bertz CT molecular complexity index is 534. The van der Waals surface area contributed by atoms with Crippen molar-refractivity contribution in [3.05, 3.63) is 23.2 Å². The molecule has 0 amide bonds. The highest BCUT2D eigenvalue weighted by atomic mass is 35.5. The van der Waals surface area contributed by atoms with Crippen molar-refractivity contribution in [1.82, 2.24) is 0 Å². The van der Waals surface area contributed by atoms with Crippen molar-refractivity contribution in [2.24, 2.45) is 5.92 Å². The van der Waals surface area contributed by atoms with Crippen LogP contribution < -0.4 is 10.6 Å². The van der Waals surface area contributed by atoms with Crippen LogP contribution in [0.25, 0.3) is 0 Å². The molecule has 1 aliphatic rings. The number of nitrogens with two attached hydrogens (primary N) is 1. The van der Waals surface area contributed by atoms with Crippen LogP contribution >= 0.6 is 11.6 Å². The van der Waals surface area contributed by atoms with E-state index in [0.717, 1.165) is 37.3 Å². The van der Waals surface area contributed by atoms with E-state index in [1.54, 1.807) is 0 Å². The molecule has 5 heteroatoms. The third kappa shape index (κ3) is 5.13. The minimum absolute atomic E-state index is 0.0167. The lowest BCUT2D eigenvalue weighted by atomic mass is 9.83. The molecule has 2 N–H and O–H groups in total. The van der Waals surface area contributed by atoms with Crippen LogP contribution in [0.1, 0.15) is 47.5 Å². The molecule has 130 valence electrons. The van der Waals surface area contributed by atoms with E-state index in [4.69, 9.17) is 21.8 Å². The number of halogens is 1. The molecule has 0 aromatic heterocycles. The summed E-state index contributed by atoms with van der Waals surface area (Å²) in [6.45, 7) is 13.4. The maximum Gasteiger partial charge on any atom is 0.167 e. The van der Waals surface area contributed by atoms with Gasteiger partial charge in [-0.15, -0.1) is 0 Å². The molecule has 1 aromatic rings. The summed E-state index contributed by atoms with van der Waals surface area (Å²) in [5, 5.41) is 1.04. The second kappa shape index (κ2) is 7.04. The molecule has 1 aliphatic heterocycles. The van der Waals surface area contributed by atoms with Gasteiger partial charge in [-0.3, -0.25) is 0 Å². The summed E-state index contributed by atoms with van der Waals surface area (Å²) in [5.41, 5.74) is 7.98. The van der Waals surface area contributed by atoms with E-state index < -0.39 is 9.76 Å². The van der Waals surface area contributed by atoms with E-state index in [1.807, 2.05) is 18.2 Å². The lowest BCUT2D eigenvalue weighted by molar-refractivity contribution is 0.0312. The minimum atomic E-state index is -0.523. The predicted molar refractivity (Wildman–Crippen MR) is 104 cm³/mol. The van der Waals surface area contributed by atoms with Crippen LogP contribution in [0.15, 0.2) is 18.2 Å². The molecule has 3 nitrogen and oxygen atoms in total. The molecule has 0 radical (unpaired) electrons. The molecule has 0 aliphatic carbocycles. The van der Waals surface area contributed by atoms with Crippen molar-refractivity contribution >= 4 is 32.7 Å². The average Bonchev–Trinajstić information content (AvgIpc) is 2.45. The first-order valence-corrected chi connectivity index (χ1v) is 10.2. The highest BCUT2D eigenvalue weighted by Crippen LogP contribution is 2.36. The van der Waals surface area contributed by atoms with Crippen molar-refractivity contribution < 1.29 is 4.43 Å². The molecule has 2 rings (SSSR count). The SMILES string of the molecule is CC(C)(C)[SiH2]OC(C)(C)C1CCN(c2ccc(Cl)cc2N)CC1. The minimum Gasteiger partial charge on any atom is -0.418 e. The standard InChI is InChI=1S/C18H31ClN2OSi/c1-17(2,3)23-22-18(4,5)13-8-10-21(11-9-13)16-7-6-14(19)12-15(16)20/h6-7,12-13H,8-11,20,23H2,1-5H3. The number of hydrogen-bond acceptors (Lipinski definition) is 3. The number of nitrogens with zero attached hydrogens (tertiary/aromatic N) is 1. The molecule has 0 spiro atoms. The second-order valence-electron chi connectivity index (χ2n) is 8.42. The van der Waals surface area contributed by atoms with Gasteiger partial charge in [-0.25, -0.2) is 0 Å². The first kappa shape index (κ1) is 18.6. The van der Waals surface area contributed by atoms with Crippen LogP contribution in [0.4, 0.5) is 11.4 Å². The lowest BCUT2D eigenvalue weighted by Crippen LogP contribution is -2.44. The van der Waals surface area contributed by atoms with Gasteiger partial charge in [0, 0.05) is 18.1 Å². The number of rotatable bonds is 4. The number of benzene rings is 1. The number of anilines is 2. The van der Waals surface area contributed by atoms with Crippen LogP contribution in [-0.2, 0) is 4.43 Å². The van der Waals surface area contributed by atoms with Gasteiger partial charge in [-0.1, -0.05) is 32.4 Å². The van der Waals surface area contributed by atoms with Gasteiger partial charge in [0.25, 0.3) is 0 Å². The first-order chi connectivity index (χ1) is 10.6. The predicted octanol–water partition coefficient (Wildman–Crippen LogP) is 4.24. The average molecular weight is 355 g/mol. The van der Waals surface area contributed by atoms with Crippen molar-refractivity contribution in [2.75, 3.05) is 23.7 Å². The number of hydrogen-bond donors (Lipinski definition) is 1. The van der Waals surface area contributed by atoms with Gasteiger partial charge in [-0.2, -0.15) is 0 Å². The third-order valence-corrected chi connectivity index (χ3v) is 6.68. The quantitative estimate of drug-likeness (QED) is 0.649. The fourth-order valence-corrected chi connectivity index (χ4v) is 4.37. The second-order valence-corrected chi connectivity index (χ2v) is 11.6. The molecular weight excluding hydrogens is 324 g/mol. The summed E-state index contributed by atoms with van der Waals surface area (Å²) in [5.74, 6) is 0.613. The number of nitrogen functional groups attached to an aromatic ring is 1. The number of piperidine rings is 1. The summed E-state index contributed by atoms with van der Waals surface area (Å²) in [6.07, 6.45) is 2.29. The highest BCUT2D eigenvalue weighted by molar-refractivity contribution is 6.32. The van der Waals surface area contributed by atoms with Crippen molar-refractivity contribution in [1.29, 1.82) is 0 Å². The topological polar surface area (TPSA) is 38.5 Å². The highest BCUT2D eigenvalue weighted by Gasteiger charge is 2.34. The van der Waals surface area contributed by atoms with Gasteiger partial charge in [0.2, 0.25) is 0 Å². The van der Waals surface area contributed by atoms with Crippen LogP contribution in [0.2, 0.25) is 10.1 Å². The van der Waals surface area contributed by atoms with Gasteiger partial charge in [-0.05, 0) is 55.8 Å². The Labute approximate surface area is 148 Å². The fraction of sp³-hybridized carbons (Fsp3) is 0.667. The Kier molecular flexibility index (Phi) is 5.70. The van der Waals surface area contributed by atoms with Gasteiger partial charge in [0.15, 0.2) is 9.76 Å². The molecule has 0 bridgehead atoms. The molecule has 0 unspecified atom stereocenters. The molecule has 1 aromatic carbocycles. The zero-order chi connectivity index (χ0) is 17.3. The van der Waals surface area contributed by atoms with E-state index in [2.05, 4.69) is 39.5 Å². The fourth-order valence-electron chi connectivity index (χ4n) is 3.15. The zero-order valence-corrected chi connectivity index (χ0v) is 17.3. The monoisotopic (exact) mass is 354 g/mol. The maximum atomic E-state index is 6.39. The smallest absolute Gasteiger partial charge is 0.167 e. The van der Waals surface area contributed by atoms with Gasteiger partial charge < -0.3 is 15.1 Å². The van der Waals surface area contributed by atoms with Crippen LogP contribution in [0, 0.1) is 5.92 Å². The van der Waals surface area contributed by atoms with E-state index in [-0.39, 0.29) is 5.60 Å². The van der Waals surface area contributed by atoms with E-state index in [1.165, 1.54) is 0 Å². The normalized spacial score (nSPS) is 18.1. The van der Waals surface area contributed by atoms with Crippen LogP contribution in [0.5, 0.6) is 0 Å². The van der Waals surface area contributed by atoms with Crippen LogP contribution in [-0.4, -0.2) is 28.5 Å². The molecule has 0 saturated carbocycles. The van der Waals surface area contributed by atoms with E-state index >= 15 is 0 Å². The Morgan fingerprint density at radius 3 is 2.30 bits per heavy atom. The molecule has 1 fully saturated rings. The van der Waals surface area contributed by atoms with Crippen LogP contribution in [0.3, 0.4) is 0 Å². The molecule has 0 atom stereocenters. The Morgan fingerprint density at radius 1 is 1.17 bits per heavy atom. The van der Waals surface area contributed by atoms with Gasteiger partial charge in [0.1, 0.15) is 0 Å². The Hall–Kier alpha value is -0.713. The van der Waals surface area contributed by atoms with Crippen molar-refractivity contribution in [3.8, 4) is 0 Å². The Morgan fingerprint density at radius 2 is 1.78 bits per heavy atom. The third-order valence-electron chi connectivity index (χ3n) is 4.69. The Balaban J connectivity index is 1.95. The summed E-state index contributed by atoms with van der Waals surface area (Å²) in [4.78, 5) is 2.37. The van der Waals surface area contributed by atoms with Gasteiger partial charge >= 0.3 is 0 Å². The largest absolute Gasteiger partial charge is 0.418 e. The molecule has 1 heterocycles. The summed E-state index contributed by atoms with van der Waals surface area (Å²) in [7, 11) is -0.523. The first-order valence-electron chi connectivity index (χ1n) is 8.52. The zero-order valence-electron chi connectivity index (χ0n) is 15.2. The molecular formula is C18H31ClN2OSi. The van der Waals surface area contributed by atoms with Crippen molar-refractivity contribution in [2.45, 2.75) is 58.1 Å².